The molecule has 2 nitrogen and oxygen atoms in total. The fourth-order valence-electron chi connectivity index (χ4n) is 2.05. The van der Waals surface area contributed by atoms with Gasteiger partial charge in [-0.25, -0.2) is 0 Å². The van der Waals surface area contributed by atoms with Crippen LogP contribution in [0.15, 0.2) is 0 Å². The molecule has 0 bridgehead atoms. The average Bonchev–Trinajstić information content (AvgIpc) is 2.36. The summed E-state index contributed by atoms with van der Waals surface area (Å²) in [5.74, 6) is 2.81. The van der Waals surface area contributed by atoms with Gasteiger partial charge in [0, 0.05) is 12.6 Å². The van der Waals surface area contributed by atoms with Crippen LogP contribution < -0.4 is 11.1 Å². The first-order chi connectivity index (χ1) is 8.28. The Kier molecular flexibility index (Phi) is 11.6. The van der Waals surface area contributed by atoms with Gasteiger partial charge < -0.3 is 5.73 Å². The Morgan fingerprint density at radius 2 is 1.76 bits per heavy atom. The van der Waals surface area contributed by atoms with Crippen LogP contribution in [-0.2, 0) is 0 Å². The number of nitrogens with one attached hydrogen (secondary N) is 1. The van der Waals surface area contributed by atoms with Crippen LogP contribution in [0.25, 0.3) is 0 Å². The Labute approximate surface area is 108 Å². The molecule has 2 heteroatoms. The van der Waals surface area contributed by atoms with Gasteiger partial charge in [-0.2, -0.15) is 0 Å². The molecule has 17 heavy (non-hydrogen) atoms. The van der Waals surface area contributed by atoms with E-state index in [2.05, 4.69) is 25.1 Å². The van der Waals surface area contributed by atoms with E-state index in [1.807, 2.05) is 0 Å². The van der Waals surface area contributed by atoms with Crippen LogP contribution in [0, 0.1) is 12.3 Å². The van der Waals surface area contributed by atoms with Crippen molar-refractivity contribution >= 4 is 0 Å². The maximum atomic E-state index is 5.78. The van der Waals surface area contributed by atoms with Gasteiger partial charge in [-0.3, -0.25) is 5.32 Å². The molecule has 3 N–H and O–H groups in total. The van der Waals surface area contributed by atoms with E-state index in [-0.39, 0.29) is 6.04 Å². The molecular formula is C15H30N2. The zero-order chi connectivity index (χ0) is 12.9. The Balaban J connectivity index is 3.71. The minimum absolute atomic E-state index is 0.198. The van der Waals surface area contributed by atoms with Gasteiger partial charge >= 0.3 is 0 Å². The summed E-state index contributed by atoms with van der Waals surface area (Å²) in [6, 6.07) is 0.591. The molecular weight excluding hydrogens is 208 g/mol. The summed E-state index contributed by atoms with van der Waals surface area (Å²) >= 11 is 0. The summed E-state index contributed by atoms with van der Waals surface area (Å²) in [5.41, 5.74) is 5.78. The molecule has 0 aromatic heterocycles. The van der Waals surface area contributed by atoms with Crippen molar-refractivity contribution < 1.29 is 0 Å². The van der Waals surface area contributed by atoms with Crippen molar-refractivity contribution in [3.63, 3.8) is 0 Å². The third-order valence-electron chi connectivity index (χ3n) is 3.16. The smallest absolute Gasteiger partial charge is 0.0689 e. The van der Waals surface area contributed by atoms with Gasteiger partial charge in [0.15, 0.2) is 0 Å². The fourth-order valence-corrected chi connectivity index (χ4v) is 2.05. The molecule has 2 unspecified atom stereocenters. The first-order valence-corrected chi connectivity index (χ1v) is 7.20. The molecule has 0 aliphatic heterocycles. The Hall–Kier alpha value is -0.520. The van der Waals surface area contributed by atoms with Crippen molar-refractivity contribution in [2.24, 2.45) is 5.73 Å². The van der Waals surface area contributed by atoms with Crippen molar-refractivity contribution in [2.75, 3.05) is 6.54 Å². The quantitative estimate of drug-likeness (QED) is 0.429. The summed E-state index contributed by atoms with van der Waals surface area (Å²) in [6.45, 7) is 5.09. The molecule has 0 saturated carbocycles. The van der Waals surface area contributed by atoms with Crippen molar-refractivity contribution in [3.8, 4) is 12.3 Å². The second-order valence-electron chi connectivity index (χ2n) is 4.81. The van der Waals surface area contributed by atoms with Gasteiger partial charge in [0.25, 0.3) is 0 Å². The number of hydrogen-bond donors (Lipinski definition) is 2. The van der Waals surface area contributed by atoms with Crippen molar-refractivity contribution in [1.29, 1.82) is 0 Å². The van der Waals surface area contributed by atoms with E-state index in [9.17, 15) is 0 Å². The summed E-state index contributed by atoms with van der Waals surface area (Å²) in [4.78, 5) is 0. The number of unbranched alkanes of at least 4 members (excludes halogenated alkanes) is 4. The molecule has 0 radical (unpaired) electrons. The van der Waals surface area contributed by atoms with Crippen molar-refractivity contribution in [3.05, 3.63) is 0 Å². The first-order valence-electron chi connectivity index (χ1n) is 7.20. The van der Waals surface area contributed by atoms with E-state index in [0.29, 0.717) is 12.6 Å². The van der Waals surface area contributed by atoms with Crippen molar-refractivity contribution in [2.45, 2.75) is 77.3 Å². The van der Waals surface area contributed by atoms with E-state index in [4.69, 9.17) is 12.2 Å². The topological polar surface area (TPSA) is 38.0 Å². The molecule has 0 aromatic rings. The summed E-state index contributed by atoms with van der Waals surface area (Å²) in [5, 5.41) is 3.48. The highest BCUT2D eigenvalue weighted by Crippen LogP contribution is 2.08. The highest BCUT2D eigenvalue weighted by Gasteiger charge is 2.10. The summed E-state index contributed by atoms with van der Waals surface area (Å²) < 4.78 is 0. The van der Waals surface area contributed by atoms with Crippen LogP contribution in [-0.4, -0.2) is 18.6 Å². The SMILES string of the molecule is C#CC(CCC)NC(CN)CCCCCCC. The number of hydrogen-bond acceptors (Lipinski definition) is 2. The molecule has 100 valence electrons. The van der Waals surface area contributed by atoms with Crippen LogP contribution in [0.3, 0.4) is 0 Å². The van der Waals surface area contributed by atoms with Gasteiger partial charge in [0.1, 0.15) is 0 Å². The van der Waals surface area contributed by atoms with Gasteiger partial charge in [-0.05, 0) is 12.8 Å². The monoisotopic (exact) mass is 238 g/mol. The van der Waals surface area contributed by atoms with Crippen LogP contribution >= 0.6 is 0 Å². The zero-order valence-electron chi connectivity index (χ0n) is 11.7. The maximum absolute atomic E-state index is 5.78. The van der Waals surface area contributed by atoms with E-state index in [1.165, 1.54) is 32.1 Å². The van der Waals surface area contributed by atoms with Crippen LogP contribution in [0.4, 0.5) is 0 Å². The molecule has 0 heterocycles. The molecule has 0 aliphatic carbocycles. The largest absolute Gasteiger partial charge is 0.329 e. The zero-order valence-corrected chi connectivity index (χ0v) is 11.7. The van der Waals surface area contributed by atoms with E-state index < -0.39 is 0 Å². The second kappa shape index (κ2) is 12.0. The molecule has 0 aliphatic rings. The average molecular weight is 238 g/mol. The highest BCUT2D eigenvalue weighted by molar-refractivity contribution is 4.99. The standard InChI is InChI=1S/C15H30N2/c1-4-7-8-9-10-12-15(13-16)17-14(6-3)11-5-2/h3,14-15,17H,4-5,7-13,16H2,1-2H3. The van der Waals surface area contributed by atoms with Crippen LogP contribution in [0.1, 0.15) is 65.2 Å². The predicted octanol–water partition coefficient (Wildman–Crippen LogP) is 3.07. The lowest BCUT2D eigenvalue weighted by Gasteiger charge is -2.21. The molecule has 2 atom stereocenters. The molecule has 0 saturated heterocycles. The van der Waals surface area contributed by atoms with Crippen LogP contribution in [0.2, 0.25) is 0 Å². The molecule has 0 aromatic carbocycles. The Morgan fingerprint density at radius 1 is 1.06 bits per heavy atom. The van der Waals surface area contributed by atoms with Gasteiger partial charge in [-0.15, -0.1) is 6.42 Å². The van der Waals surface area contributed by atoms with E-state index in [0.717, 1.165) is 19.3 Å². The summed E-state index contributed by atoms with van der Waals surface area (Å²) in [6.07, 6.45) is 15.4. The minimum Gasteiger partial charge on any atom is -0.329 e. The number of terminal acetylenes is 1. The third kappa shape index (κ3) is 9.21. The molecule has 0 fully saturated rings. The van der Waals surface area contributed by atoms with E-state index >= 15 is 0 Å². The number of nitrogens with two attached hydrogens (primary N) is 1. The lowest BCUT2D eigenvalue weighted by atomic mass is 10.0. The Bertz CT molecular complexity index is 196. The normalized spacial score (nSPS) is 14.2. The van der Waals surface area contributed by atoms with E-state index in [1.54, 1.807) is 0 Å². The third-order valence-corrected chi connectivity index (χ3v) is 3.16. The molecule has 0 rings (SSSR count). The lowest BCUT2D eigenvalue weighted by molar-refractivity contribution is 0.423. The highest BCUT2D eigenvalue weighted by atomic mass is 15.0. The van der Waals surface area contributed by atoms with Gasteiger partial charge in [0.05, 0.1) is 6.04 Å². The second-order valence-corrected chi connectivity index (χ2v) is 4.81. The molecule has 0 amide bonds. The van der Waals surface area contributed by atoms with Gasteiger partial charge in [0.2, 0.25) is 0 Å². The first kappa shape index (κ1) is 16.5. The summed E-state index contributed by atoms with van der Waals surface area (Å²) in [7, 11) is 0. The van der Waals surface area contributed by atoms with Crippen LogP contribution in [0.5, 0.6) is 0 Å². The molecule has 0 spiro atoms. The van der Waals surface area contributed by atoms with Crippen molar-refractivity contribution in [1.82, 2.24) is 5.32 Å². The maximum Gasteiger partial charge on any atom is 0.0689 e. The number of rotatable bonds is 11. The van der Waals surface area contributed by atoms with Gasteiger partial charge in [-0.1, -0.05) is 58.3 Å². The minimum atomic E-state index is 0.198. The Morgan fingerprint density at radius 3 is 2.29 bits per heavy atom. The lowest BCUT2D eigenvalue weighted by Crippen LogP contribution is -2.42. The predicted molar refractivity (Wildman–Crippen MR) is 76.9 cm³/mol. The fraction of sp³-hybridized carbons (Fsp3) is 0.867.